The lowest BCUT2D eigenvalue weighted by atomic mass is 10.1. The first-order valence-electron chi connectivity index (χ1n) is 8.10. The van der Waals surface area contributed by atoms with Crippen LogP contribution in [-0.2, 0) is 6.54 Å². The normalized spacial score (nSPS) is 10.8. The van der Waals surface area contributed by atoms with Crippen molar-refractivity contribution in [2.24, 2.45) is 0 Å². The lowest BCUT2D eigenvalue weighted by Gasteiger charge is -2.09. The standard InChI is InChI=1S/C18H17N7O/c1-12-8-13(4-5-15(12)26-2)9-21-16-14-10-24-25(17(14)23-11-22-16)18-19-6-3-7-20-18/h3-8,10-11H,9H2,1-2H3,(H,21,22,23). The highest BCUT2D eigenvalue weighted by molar-refractivity contribution is 5.86. The third-order valence-electron chi connectivity index (χ3n) is 4.03. The van der Waals surface area contributed by atoms with Crippen molar-refractivity contribution in [3.8, 4) is 11.7 Å². The number of methoxy groups -OCH3 is 1. The molecule has 0 saturated carbocycles. The van der Waals surface area contributed by atoms with Gasteiger partial charge >= 0.3 is 0 Å². The average molecular weight is 347 g/mol. The largest absolute Gasteiger partial charge is 0.496 e. The average Bonchev–Trinajstić information content (AvgIpc) is 3.12. The Labute approximate surface area is 149 Å². The minimum Gasteiger partial charge on any atom is -0.496 e. The van der Waals surface area contributed by atoms with Crippen LogP contribution < -0.4 is 10.1 Å². The fourth-order valence-corrected chi connectivity index (χ4v) is 2.77. The number of ether oxygens (including phenoxy) is 1. The van der Waals surface area contributed by atoms with E-state index in [2.05, 4.69) is 36.4 Å². The maximum absolute atomic E-state index is 5.30. The van der Waals surface area contributed by atoms with Crippen LogP contribution in [0.3, 0.4) is 0 Å². The second kappa shape index (κ2) is 6.75. The van der Waals surface area contributed by atoms with Gasteiger partial charge in [-0.2, -0.15) is 9.78 Å². The first kappa shape index (κ1) is 15.9. The van der Waals surface area contributed by atoms with Gasteiger partial charge in [-0.3, -0.25) is 0 Å². The summed E-state index contributed by atoms with van der Waals surface area (Å²) < 4.78 is 6.90. The fraction of sp³-hybridized carbons (Fsp3) is 0.167. The van der Waals surface area contributed by atoms with Crippen LogP contribution in [0.4, 0.5) is 5.82 Å². The highest BCUT2D eigenvalue weighted by Gasteiger charge is 2.12. The van der Waals surface area contributed by atoms with E-state index in [9.17, 15) is 0 Å². The van der Waals surface area contributed by atoms with Crippen LogP contribution in [0.15, 0.2) is 49.2 Å². The van der Waals surface area contributed by atoms with Crippen LogP contribution in [0.25, 0.3) is 17.0 Å². The molecule has 26 heavy (non-hydrogen) atoms. The van der Waals surface area contributed by atoms with E-state index >= 15 is 0 Å². The van der Waals surface area contributed by atoms with Gasteiger partial charge in [0.1, 0.15) is 17.9 Å². The highest BCUT2D eigenvalue weighted by atomic mass is 16.5. The molecule has 130 valence electrons. The molecule has 3 heterocycles. The van der Waals surface area contributed by atoms with E-state index in [1.807, 2.05) is 19.1 Å². The van der Waals surface area contributed by atoms with Gasteiger partial charge in [-0.1, -0.05) is 12.1 Å². The fourth-order valence-electron chi connectivity index (χ4n) is 2.77. The monoisotopic (exact) mass is 347 g/mol. The molecule has 8 heteroatoms. The van der Waals surface area contributed by atoms with E-state index in [1.165, 1.54) is 6.33 Å². The molecule has 4 aromatic rings. The van der Waals surface area contributed by atoms with Crippen molar-refractivity contribution >= 4 is 16.9 Å². The van der Waals surface area contributed by atoms with Crippen LogP contribution in [0.5, 0.6) is 5.75 Å². The number of rotatable bonds is 5. The zero-order valence-electron chi connectivity index (χ0n) is 14.4. The van der Waals surface area contributed by atoms with E-state index < -0.39 is 0 Å². The molecule has 0 aliphatic heterocycles. The summed E-state index contributed by atoms with van der Waals surface area (Å²) in [6.07, 6.45) is 6.56. The van der Waals surface area contributed by atoms with Crippen LogP contribution in [-0.4, -0.2) is 36.8 Å². The van der Waals surface area contributed by atoms with Crippen molar-refractivity contribution < 1.29 is 4.74 Å². The van der Waals surface area contributed by atoms with Crippen molar-refractivity contribution in [2.45, 2.75) is 13.5 Å². The summed E-state index contributed by atoms with van der Waals surface area (Å²) in [5.74, 6) is 2.06. The van der Waals surface area contributed by atoms with Crippen molar-refractivity contribution in [3.05, 3.63) is 60.3 Å². The van der Waals surface area contributed by atoms with E-state index in [1.54, 1.807) is 36.4 Å². The van der Waals surface area contributed by atoms with E-state index in [0.717, 1.165) is 22.3 Å². The van der Waals surface area contributed by atoms with E-state index in [0.29, 0.717) is 24.0 Å². The van der Waals surface area contributed by atoms with E-state index in [4.69, 9.17) is 4.74 Å². The maximum atomic E-state index is 5.30. The highest BCUT2D eigenvalue weighted by Crippen LogP contribution is 2.22. The summed E-state index contributed by atoms with van der Waals surface area (Å²) in [6.45, 7) is 2.65. The van der Waals surface area contributed by atoms with Crippen LogP contribution >= 0.6 is 0 Å². The van der Waals surface area contributed by atoms with Gasteiger partial charge < -0.3 is 10.1 Å². The molecule has 0 bridgehead atoms. The molecule has 3 aromatic heterocycles. The summed E-state index contributed by atoms with van der Waals surface area (Å²) in [5.41, 5.74) is 2.88. The number of aryl methyl sites for hydroxylation is 1. The van der Waals surface area contributed by atoms with Gasteiger partial charge in [0.15, 0.2) is 5.65 Å². The third-order valence-corrected chi connectivity index (χ3v) is 4.03. The molecule has 0 saturated heterocycles. The Morgan fingerprint density at radius 2 is 1.96 bits per heavy atom. The van der Waals surface area contributed by atoms with Gasteiger partial charge in [-0.15, -0.1) is 0 Å². The number of nitrogens with one attached hydrogen (secondary N) is 1. The Kier molecular flexibility index (Phi) is 4.14. The Hall–Kier alpha value is -3.55. The molecule has 0 spiro atoms. The number of hydrogen-bond acceptors (Lipinski definition) is 7. The quantitative estimate of drug-likeness (QED) is 0.593. The van der Waals surface area contributed by atoms with Gasteiger partial charge in [0.25, 0.3) is 5.95 Å². The second-order valence-corrected chi connectivity index (χ2v) is 5.72. The van der Waals surface area contributed by atoms with Crippen molar-refractivity contribution in [1.82, 2.24) is 29.7 Å². The predicted octanol–water partition coefficient (Wildman–Crippen LogP) is 2.53. The molecule has 4 rings (SSSR count). The second-order valence-electron chi connectivity index (χ2n) is 5.72. The first-order chi connectivity index (χ1) is 12.8. The molecular weight excluding hydrogens is 330 g/mol. The van der Waals surface area contributed by atoms with Gasteiger partial charge in [-0.05, 0) is 30.2 Å². The number of anilines is 1. The Balaban J connectivity index is 1.61. The smallest absolute Gasteiger partial charge is 0.252 e. The maximum Gasteiger partial charge on any atom is 0.252 e. The summed E-state index contributed by atoms with van der Waals surface area (Å²) in [4.78, 5) is 17.1. The van der Waals surface area contributed by atoms with Gasteiger partial charge in [0, 0.05) is 18.9 Å². The minimum absolute atomic E-state index is 0.470. The summed E-state index contributed by atoms with van der Waals surface area (Å²) in [5, 5.41) is 8.51. The summed E-state index contributed by atoms with van der Waals surface area (Å²) in [6, 6.07) is 7.84. The Morgan fingerprint density at radius 1 is 1.12 bits per heavy atom. The van der Waals surface area contributed by atoms with Crippen molar-refractivity contribution in [3.63, 3.8) is 0 Å². The van der Waals surface area contributed by atoms with E-state index in [-0.39, 0.29) is 0 Å². The summed E-state index contributed by atoms with van der Waals surface area (Å²) >= 11 is 0. The summed E-state index contributed by atoms with van der Waals surface area (Å²) in [7, 11) is 1.67. The Bertz CT molecular complexity index is 1050. The number of aromatic nitrogens is 6. The molecule has 8 nitrogen and oxygen atoms in total. The first-order valence-corrected chi connectivity index (χ1v) is 8.10. The molecule has 0 atom stereocenters. The van der Waals surface area contributed by atoms with Crippen LogP contribution in [0.2, 0.25) is 0 Å². The SMILES string of the molecule is COc1ccc(CNc2ncnc3c2cnn3-c2ncccn2)cc1C. The van der Waals surface area contributed by atoms with Gasteiger partial charge in [-0.25, -0.2) is 19.9 Å². The molecular formula is C18H17N7O. The predicted molar refractivity (Wildman–Crippen MR) is 97.3 cm³/mol. The van der Waals surface area contributed by atoms with Gasteiger partial charge in [0.05, 0.1) is 18.7 Å². The number of hydrogen-bond donors (Lipinski definition) is 1. The van der Waals surface area contributed by atoms with Gasteiger partial charge in [0.2, 0.25) is 0 Å². The lowest BCUT2D eigenvalue weighted by molar-refractivity contribution is 0.411. The molecule has 1 N–H and O–H groups in total. The zero-order chi connectivity index (χ0) is 17.9. The molecule has 1 aromatic carbocycles. The minimum atomic E-state index is 0.470. The number of nitrogens with zero attached hydrogens (tertiary/aromatic N) is 6. The third kappa shape index (κ3) is 2.92. The zero-order valence-corrected chi connectivity index (χ0v) is 14.4. The molecule has 0 fully saturated rings. The number of benzene rings is 1. The molecule has 0 aliphatic carbocycles. The molecule has 0 aliphatic rings. The molecule has 0 amide bonds. The van der Waals surface area contributed by atoms with Crippen LogP contribution in [0.1, 0.15) is 11.1 Å². The number of fused-ring (bicyclic) bond motifs is 1. The molecule has 0 unspecified atom stereocenters. The Morgan fingerprint density at radius 3 is 2.73 bits per heavy atom. The van der Waals surface area contributed by atoms with Crippen molar-refractivity contribution in [1.29, 1.82) is 0 Å². The van der Waals surface area contributed by atoms with Crippen LogP contribution in [0, 0.1) is 6.92 Å². The topological polar surface area (TPSA) is 90.6 Å². The lowest BCUT2D eigenvalue weighted by Crippen LogP contribution is -2.05. The molecule has 0 radical (unpaired) electrons. The van der Waals surface area contributed by atoms with Crippen molar-refractivity contribution in [2.75, 3.05) is 12.4 Å².